The van der Waals surface area contributed by atoms with Crippen molar-refractivity contribution in [3.63, 3.8) is 0 Å². The lowest BCUT2D eigenvalue weighted by atomic mass is 9.75. The zero-order valence-corrected chi connectivity index (χ0v) is 18.3. The second-order valence-corrected chi connectivity index (χ2v) is 8.48. The van der Waals surface area contributed by atoms with E-state index in [1.165, 1.54) is 22.3 Å². The molecule has 1 aromatic heterocycles. The van der Waals surface area contributed by atoms with Crippen molar-refractivity contribution in [3.05, 3.63) is 156 Å². The second-order valence-electron chi connectivity index (χ2n) is 8.48. The van der Waals surface area contributed by atoms with Gasteiger partial charge in [0, 0.05) is 34.1 Å². The van der Waals surface area contributed by atoms with Crippen LogP contribution < -0.4 is 0 Å². The molecule has 4 aromatic carbocycles. The Morgan fingerprint density at radius 1 is 0.394 bits per heavy atom. The molecule has 6 rings (SSSR count). The topological polar surface area (TPSA) is 13.1 Å². The van der Waals surface area contributed by atoms with Crippen LogP contribution in [0.2, 0.25) is 0 Å². The van der Waals surface area contributed by atoms with Gasteiger partial charge in [-0.05, 0) is 11.1 Å². The van der Waals surface area contributed by atoms with E-state index < -0.39 is 0 Å². The van der Waals surface area contributed by atoms with Gasteiger partial charge in [0.1, 0.15) is 11.5 Å². The molecule has 2 unspecified atom stereocenters. The van der Waals surface area contributed by atoms with E-state index in [4.69, 9.17) is 4.42 Å². The van der Waals surface area contributed by atoms with Crippen molar-refractivity contribution in [2.45, 2.75) is 11.8 Å². The molecular weight excluding hydrogens is 400 g/mol. The summed E-state index contributed by atoms with van der Waals surface area (Å²) in [6.07, 6.45) is 4.71. The predicted molar refractivity (Wildman–Crippen MR) is 135 cm³/mol. The molecule has 1 nitrogen and oxygen atoms in total. The molecule has 0 saturated carbocycles. The number of furan rings is 1. The first-order valence-corrected chi connectivity index (χ1v) is 11.5. The van der Waals surface area contributed by atoms with Gasteiger partial charge < -0.3 is 4.42 Å². The minimum absolute atomic E-state index is 0.137. The number of fused-ring (bicyclic) bond motifs is 1. The Morgan fingerprint density at radius 3 is 1.09 bits per heavy atom. The molecule has 1 aliphatic carbocycles. The molecule has 0 bridgehead atoms. The largest absolute Gasteiger partial charge is 0.455 e. The van der Waals surface area contributed by atoms with Crippen LogP contribution in [0, 0.1) is 0 Å². The van der Waals surface area contributed by atoms with Gasteiger partial charge in [-0.1, -0.05) is 133 Å². The average molecular weight is 425 g/mol. The SMILES string of the molecule is C1=CC(c2ccccc2)c2c(-c3ccccc3)oc(-c3ccccc3)c2C1c1ccccc1. The number of benzene rings is 4. The van der Waals surface area contributed by atoms with E-state index in [9.17, 15) is 0 Å². The fraction of sp³-hybridized carbons (Fsp3) is 0.0625. The summed E-state index contributed by atoms with van der Waals surface area (Å²) in [5, 5.41) is 0. The summed E-state index contributed by atoms with van der Waals surface area (Å²) in [4.78, 5) is 0. The molecule has 1 heterocycles. The zero-order chi connectivity index (χ0) is 22.0. The smallest absolute Gasteiger partial charge is 0.139 e. The normalized spacial score (nSPS) is 17.0. The van der Waals surface area contributed by atoms with Gasteiger partial charge in [-0.2, -0.15) is 0 Å². The van der Waals surface area contributed by atoms with E-state index in [1.54, 1.807) is 0 Å². The van der Waals surface area contributed by atoms with Crippen LogP contribution >= 0.6 is 0 Å². The Kier molecular flexibility index (Phi) is 5.01. The molecule has 0 amide bonds. The number of hydrogen-bond donors (Lipinski definition) is 0. The first-order valence-electron chi connectivity index (χ1n) is 11.5. The van der Waals surface area contributed by atoms with Gasteiger partial charge in [0.15, 0.2) is 0 Å². The maximum Gasteiger partial charge on any atom is 0.139 e. The van der Waals surface area contributed by atoms with Crippen LogP contribution in [0.3, 0.4) is 0 Å². The molecular formula is C32H24O. The summed E-state index contributed by atoms with van der Waals surface area (Å²) in [5.41, 5.74) is 7.31. The molecule has 2 atom stereocenters. The van der Waals surface area contributed by atoms with Gasteiger partial charge >= 0.3 is 0 Å². The van der Waals surface area contributed by atoms with Gasteiger partial charge in [0.25, 0.3) is 0 Å². The van der Waals surface area contributed by atoms with Crippen molar-refractivity contribution in [2.75, 3.05) is 0 Å². The fourth-order valence-electron chi connectivity index (χ4n) is 4.97. The molecule has 1 aliphatic rings. The van der Waals surface area contributed by atoms with E-state index in [0.29, 0.717) is 0 Å². The first kappa shape index (κ1) is 19.6. The van der Waals surface area contributed by atoms with Gasteiger partial charge in [0.05, 0.1) is 0 Å². The van der Waals surface area contributed by atoms with Gasteiger partial charge in [-0.3, -0.25) is 0 Å². The average Bonchev–Trinajstić information content (AvgIpc) is 3.31. The lowest BCUT2D eigenvalue weighted by Crippen LogP contribution is -2.11. The summed E-state index contributed by atoms with van der Waals surface area (Å²) in [7, 11) is 0. The van der Waals surface area contributed by atoms with E-state index in [-0.39, 0.29) is 11.8 Å². The van der Waals surface area contributed by atoms with Crippen LogP contribution in [0.1, 0.15) is 34.1 Å². The Hall–Kier alpha value is -4.10. The third-order valence-electron chi connectivity index (χ3n) is 6.49. The maximum atomic E-state index is 6.80. The maximum absolute atomic E-state index is 6.80. The lowest BCUT2D eigenvalue weighted by molar-refractivity contribution is 0.592. The van der Waals surface area contributed by atoms with Gasteiger partial charge in [0.2, 0.25) is 0 Å². The molecule has 0 fully saturated rings. The number of allylic oxidation sites excluding steroid dienone is 2. The van der Waals surface area contributed by atoms with E-state index >= 15 is 0 Å². The second kappa shape index (κ2) is 8.44. The van der Waals surface area contributed by atoms with Crippen molar-refractivity contribution in [1.82, 2.24) is 0 Å². The Bertz CT molecular complexity index is 1270. The zero-order valence-electron chi connectivity index (χ0n) is 18.3. The van der Waals surface area contributed by atoms with Crippen molar-refractivity contribution >= 4 is 0 Å². The monoisotopic (exact) mass is 424 g/mol. The minimum Gasteiger partial charge on any atom is -0.455 e. The first-order chi connectivity index (χ1) is 16.4. The van der Waals surface area contributed by atoms with Crippen molar-refractivity contribution in [1.29, 1.82) is 0 Å². The summed E-state index contributed by atoms with van der Waals surface area (Å²) in [6.45, 7) is 0. The highest BCUT2D eigenvalue weighted by Crippen LogP contribution is 2.50. The Morgan fingerprint density at radius 2 is 0.727 bits per heavy atom. The molecule has 33 heavy (non-hydrogen) atoms. The fourth-order valence-corrected chi connectivity index (χ4v) is 4.97. The summed E-state index contributed by atoms with van der Waals surface area (Å²) in [5.74, 6) is 2.20. The number of hydrogen-bond acceptors (Lipinski definition) is 1. The quantitative estimate of drug-likeness (QED) is 0.264. The molecule has 0 aliphatic heterocycles. The minimum atomic E-state index is 0.137. The summed E-state index contributed by atoms with van der Waals surface area (Å²) in [6, 6.07) is 42.5. The van der Waals surface area contributed by atoms with Crippen LogP contribution in [-0.4, -0.2) is 0 Å². The van der Waals surface area contributed by atoms with Gasteiger partial charge in [-0.15, -0.1) is 0 Å². The summed E-state index contributed by atoms with van der Waals surface area (Å²) >= 11 is 0. The molecule has 5 aromatic rings. The highest BCUT2D eigenvalue weighted by Gasteiger charge is 2.34. The molecule has 0 spiro atoms. The van der Waals surface area contributed by atoms with Crippen LogP contribution in [0.15, 0.2) is 138 Å². The van der Waals surface area contributed by atoms with Crippen molar-refractivity contribution in [2.24, 2.45) is 0 Å². The molecule has 0 radical (unpaired) electrons. The molecule has 158 valence electrons. The molecule has 0 N–H and O–H groups in total. The Labute approximate surface area is 194 Å². The highest BCUT2D eigenvalue weighted by molar-refractivity contribution is 5.77. The Balaban J connectivity index is 1.67. The van der Waals surface area contributed by atoms with Crippen molar-refractivity contribution < 1.29 is 4.42 Å². The standard InChI is InChI=1S/C32H24O/c1-5-13-23(14-6-1)27-21-22-28(24-15-7-2-8-16-24)30-29(27)31(25-17-9-3-10-18-25)33-32(30)26-19-11-4-12-20-26/h1-22,27-28H. The van der Waals surface area contributed by atoms with E-state index in [2.05, 4.69) is 133 Å². The van der Waals surface area contributed by atoms with Crippen LogP contribution in [0.5, 0.6) is 0 Å². The van der Waals surface area contributed by atoms with Crippen LogP contribution in [0.25, 0.3) is 22.6 Å². The number of rotatable bonds is 4. The molecule has 0 saturated heterocycles. The lowest BCUT2D eigenvalue weighted by Gasteiger charge is -2.26. The predicted octanol–water partition coefficient (Wildman–Crippen LogP) is 8.45. The van der Waals surface area contributed by atoms with E-state index in [0.717, 1.165) is 22.6 Å². The summed E-state index contributed by atoms with van der Waals surface area (Å²) < 4.78 is 6.80. The third-order valence-corrected chi connectivity index (χ3v) is 6.49. The van der Waals surface area contributed by atoms with Crippen LogP contribution in [0.4, 0.5) is 0 Å². The van der Waals surface area contributed by atoms with Crippen LogP contribution in [-0.2, 0) is 0 Å². The highest BCUT2D eigenvalue weighted by atomic mass is 16.3. The van der Waals surface area contributed by atoms with Crippen molar-refractivity contribution in [3.8, 4) is 22.6 Å². The van der Waals surface area contributed by atoms with E-state index in [1.807, 2.05) is 0 Å². The molecule has 1 heteroatoms. The van der Waals surface area contributed by atoms with Gasteiger partial charge in [-0.25, -0.2) is 0 Å². The third kappa shape index (κ3) is 3.52.